The molecule has 0 saturated heterocycles. The molecule has 1 heterocycles. The SMILES string of the molecule is Cc1cc(COc2cccc(N)c2)n(C)n1. The number of rotatable bonds is 3. The molecule has 0 unspecified atom stereocenters. The highest BCUT2D eigenvalue weighted by Gasteiger charge is 2.02. The third-order valence-corrected chi connectivity index (χ3v) is 2.34. The van der Waals surface area contributed by atoms with E-state index in [9.17, 15) is 0 Å². The van der Waals surface area contributed by atoms with Crippen LogP contribution in [0.1, 0.15) is 11.4 Å². The number of benzene rings is 1. The summed E-state index contributed by atoms with van der Waals surface area (Å²) in [6.07, 6.45) is 0. The molecule has 2 rings (SSSR count). The van der Waals surface area contributed by atoms with Crippen molar-refractivity contribution in [3.05, 3.63) is 41.7 Å². The Morgan fingerprint density at radius 1 is 1.38 bits per heavy atom. The summed E-state index contributed by atoms with van der Waals surface area (Å²) in [6, 6.07) is 9.41. The van der Waals surface area contributed by atoms with Crippen LogP contribution in [0.4, 0.5) is 5.69 Å². The highest BCUT2D eigenvalue weighted by Crippen LogP contribution is 2.16. The highest BCUT2D eigenvalue weighted by molar-refractivity contribution is 5.43. The van der Waals surface area contributed by atoms with Gasteiger partial charge in [-0.1, -0.05) is 6.07 Å². The standard InChI is InChI=1S/C12H15N3O/c1-9-6-11(15(2)14-9)8-16-12-5-3-4-10(13)7-12/h3-7H,8,13H2,1-2H3. The third kappa shape index (κ3) is 2.34. The van der Waals surface area contributed by atoms with Gasteiger partial charge in [-0.05, 0) is 25.1 Å². The Morgan fingerprint density at radius 2 is 2.19 bits per heavy atom. The molecule has 0 aliphatic heterocycles. The Kier molecular flexibility index (Phi) is 2.81. The second kappa shape index (κ2) is 4.26. The zero-order chi connectivity index (χ0) is 11.5. The van der Waals surface area contributed by atoms with Crippen LogP contribution in [-0.4, -0.2) is 9.78 Å². The molecule has 0 amide bonds. The molecule has 4 heteroatoms. The van der Waals surface area contributed by atoms with E-state index in [0.29, 0.717) is 12.3 Å². The van der Waals surface area contributed by atoms with Gasteiger partial charge < -0.3 is 10.5 Å². The summed E-state index contributed by atoms with van der Waals surface area (Å²) in [4.78, 5) is 0. The van der Waals surface area contributed by atoms with Gasteiger partial charge in [0.15, 0.2) is 0 Å². The molecule has 2 N–H and O–H groups in total. The molecule has 0 spiro atoms. The molecule has 0 aliphatic carbocycles. The fourth-order valence-corrected chi connectivity index (χ4v) is 1.56. The van der Waals surface area contributed by atoms with Gasteiger partial charge in [-0.15, -0.1) is 0 Å². The minimum absolute atomic E-state index is 0.501. The van der Waals surface area contributed by atoms with Gasteiger partial charge in [0.05, 0.1) is 11.4 Å². The number of anilines is 1. The van der Waals surface area contributed by atoms with Gasteiger partial charge in [-0.2, -0.15) is 5.10 Å². The molecule has 1 aromatic heterocycles. The van der Waals surface area contributed by atoms with Crippen molar-refractivity contribution in [1.82, 2.24) is 9.78 Å². The molecule has 2 aromatic rings. The maximum absolute atomic E-state index is 5.66. The van der Waals surface area contributed by atoms with Gasteiger partial charge in [-0.25, -0.2) is 0 Å². The maximum atomic E-state index is 5.66. The predicted molar refractivity (Wildman–Crippen MR) is 63.1 cm³/mol. The third-order valence-electron chi connectivity index (χ3n) is 2.34. The fraction of sp³-hybridized carbons (Fsp3) is 0.250. The van der Waals surface area contributed by atoms with Crippen molar-refractivity contribution >= 4 is 5.69 Å². The molecule has 16 heavy (non-hydrogen) atoms. The number of nitrogens with zero attached hydrogens (tertiary/aromatic N) is 2. The predicted octanol–water partition coefficient (Wildman–Crippen LogP) is 1.89. The summed E-state index contributed by atoms with van der Waals surface area (Å²) in [6.45, 7) is 2.46. The number of hydrogen-bond acceptors (Lipinski definition) is 3. The Balaban J connectivity index is 2.05. The van der Waals surface area contributed by atoms with Gasteiger partial charge in [0.25, 0.3) is 0 Å². The van der Waals surface area contributed by atoms with Gasteiger partial charge in [0, 0.05) is 18.8 Å². The van der Waals surface area contributed by atoms with E-state index in [1.807, 2.05) is 49.0 Å². The molecule has 4 nitrogen and oxygen atoms in total. The van der Waals surface area contributed by atoms with E-state index in [4.69, 9.17) is 10.5 Å². The molecular weight excluding hydrogens is 202 g/mol. The summed E-state index contributed by atoms with van der Waals surface area (Å²) < 4.78 is 7.45. The van der Waals surface area contributed by atoms with Crippen molar-refractivity contribution in [2.24, 2.45) is 7.05 Å². The molecule has 1 aromatic carbocycles. The zero-order valence-corrected chi connectivity index (χ0v) is 9.47. The van der Waals surface area contributed by atoms with Crippen LogP contribution >= 0.6 is 0 Å². The summed E-state index contributed by atoms with van der Waals surface area (Å²) in [5.41, 5.74) is 8.41. The first-order valence-corrected chi connectivity index (χ1v) is 5.13. The Bertz CT molecular complexity index is 491. The lowest BCUT2D eigenvalue weighted by atomic mass is 10.3. The van der Waals surface area contributed by atoms with Crippen LogP contribution < -0.4 is 10.5 Å². The van der Waals surface area contributed by atoms with E-state index in [1.54, 1.807) is 0 Å². The quantitative estimate of drug-likeness (QED) is 0.799. The van der Waals surface area contributed by atoms with Crippen molar-refractivity contribution < 1.29 is 4.74 Å². The fourth-order valence-electron chi connectivity index (χ4n) is 1.56. The Morgan fingerprint density at radius 3 is 2.81 bits per heavy atom. The van der Waals surface area contributed by atoms with E-state index in [0.717, 1.165) is 17.1 Å². The van der Waals surface area contributed by atoms with Crippen molar-refractivity contribution in [1.29, 1.82) is 0 Å². The summed E-state index contributed by atoms with van der Waals surface area (Å²) >= 11 is 0. The molecule has 0 radical (unpaired) electrons. The topological polar surface area (TPSA) is 53.1 Å². The summed E-state index contributed by atoms with van der Waals surface area (Å²) in [5, 5.41) is 4.25. The maximum Gasteiger partial charge on any atom is 0.130 e. The van der Waals surface area contributed by atoms with E-state index in [-0.39, 0.29) is 0 Å². The van der Waals surface area contributed by atoms with Crippen molar-refractivity contribution in [3.8, 4) is 5.75 Å². The van der Waals surface area contributed by atoms with Crippen LogP contribution in [-0.2, 0) is 13.7 Å². The summed E-state index contributed by atoms with van der Waals surface area (Å²) in [5.74, 6) is 0.777. The largest absolute Gasteiger partial charge is 0.487 e. The van der Waals surface area contributed by atoms with Crippen LogP contribution in [0.2, 0.25) is 0 Å². The van der Waals surface area contributed by atoms with Gasteiger partial charge >= 0.3 is 0 Å². The molecular formula is C12H15N3O. The highest BCUT2D eigenvalue weighted by atomic mass is 16.5. The first-order chi connectivity index (χ1) is 7.65. The number of aryl methyl sites for hydroxylation is 2. The van der Waals surface area contributed by atoms with Crippen LogP contribution in [0.3, 0.4) is 0 Å². The smallest absolute Gasteiger partial charge is 0.130 e. The average Bonchev–Trinajstić information content (AvgIpc) is 2.54. The minimum Gasteiger partial charge on any atom is -0.487 e. The van der Waals surface area contributed by atoms with E-state index < -0.39 is 0 Å². The zero-order valence-electron chi connectivity index (χ0n) is 9.47. The Hall–Kier alpha value is -1.97. The van der Waals surface area contributed by atoms with Crippen LogP contribution in [0.25, 0.3) is 0 Å². The van der Waals surface area contributed by atoms with Crippen molar-refractivity contribution in [2.45, 2.75) is 13.5 Å². The van der Waals surface area contributed by atoms with Gasteiger partial charge in [-0.3, -0.25) is 4.68 Å². The minimum atomic E-state index is 0.501. The monoisotopic (exact) mass is 217 g/mol. The van der Waals surface area contributed by atoms with Crippen LogP contribution in [0.15, 0.2) is 30.3 Å². The van der Waals surface area contributed by atoms with E-state index in [2.05, 4.69) is 5.10 Å². The molecule has 0 bridgehead atoms. The molecule has 84 valence electrons. The molecule has 0 atom stereocenters. The molecule has 0 aliphatic rings. The lowest BCUT2D eigenvalue weighted by molar-refractivity contribution is 0.295. The number of nitrogen functional groups attached to an aromatic ring is 1. The first-order valence-electron chi connectivity index (χ1n) is 5.13. The van der Waals surface area contributed by atoms with Crippen molar-refractivity contribution in [3.63, 3.8) is 0 Å². The first kappa shape index (κ1) is 10.5. The lowest BCUT2D eigenvalue weighted by Gasteiger charge is -2.06. The lowest BCUT2D eigenvalue weighted by Crippen LogP contribution is -2.03. The number of nitrogens with two attached hydrogens (primary N) is 1. The number of aromatic nitrogens is 2. The summed E-state index contributed by atoms with van der Waals surface area (Å²) in [7, 11) is 1.91. The van der Waals surface area contributed by atoms with Crippen LogP contribution in [0, 0.1) is 6.92 Å². The Labute approximate surface area is 94.6 Å². The van der Waals surface area contributed by atoms with E-state index in [1.165, 1.54) is 0 Å². The number of hydrogen-bond donors (Lipinski definition) is 1. The van der Waals surface area contributed by atoms with Gasteiger partial charge in [0.1, 0.15) is 12.4 Å². The normalized spacial score (nSPS) is 10.4. The number of ether oxygens (including phenoxy) is 1. The van der Waals surface area contributed by atoms with Crippen molar-refractivity contribution in [2.75, 3.05) is 5.73 Å². The molecule has 0 fully saturated rings. The molecule has 0 saturated carbocycles. The van der Waals surface area contributed by atoms with Crippen LogP contribution in [0.5, 0.6) is 5.75 Å². The van der Waals surface area contributed by atoms with E-state index >= 15 is 0 Å². The van der Waals surface area contributed by atoms with Gasteiger partial charge in [0.2, 0.25) is 0 Å². The second-order valence-corrected chi connectivity index (χ2v) is 3.76. The second-order valence-electron chi connectivity index (χ2n) is 3.76. The average molecular weight is 217 g/mol.